The third-order valence-corrected chi connectivity index (χ3v) is 2.37. The highest BCUT2D eigenvalue weighted by atomic mass is 19.3. The van der Waals surface area contributed by atoms with Gasteiger partial charge in [0, 0.05) is 5.92 Å². The third-order valence-electron chi connectivity index (χ3n) is 2.37. The summed E-state index contributed by atoms with van der Waals surface area (Å²) in [4.78, 5) is 0. The highest BCUT2D eigenvalue weighted by Gasteiger charge is 2.43. The molecule has 0 radical (unpaired) electrons. The molecule has 0 aromatic rings. The van der Waals surface area contributed by atoms with Crippen molar-refractivity contribution in [3.8, 4) is 0 Å². The Balaban J connectivity index is 2.94. The van der Waals surface area contributed by atoms with Crippen LogP contribution < -0.4 is 0 Å². The van der Waals surface area contributed by atoms with Gasteiger partial charge in [0.1, 0.15) is 0 Å². The number of halogens is 2. The van der Waals surface area contributed by atoms with E-state index in [0.717, 1.165) is 5.57 Å². The normalized spacial score (nSPS) is 31.5. The van der Waals surface area contributed by atoms with E-state index in [1.807, 2.05) is 0 Å². The summed E-state index contributed by atoms with van der Waals surface area (Å²) in [6, 6.07) is 0. The summed E-state index contributed by atoms with van der Waals surface area (Å²) < 4.78 is 25.8. The van der Waals surface area contributed by atoms with Crippen LogP contribution >= 0.6 is 0 Å². The molecule has 0 aromatic carbocycles. The van der Waals surface area contributed by atoms with Crippen LogP contribution in [0.5, 0.6) is 0 Å². The Labute approximate surface area is 59.9 Å². The van der Waals surface area contributed by atoms with Crippen LogP contribution in [0.15, 0.2) is 11.1 Å². The van der Waals surface area contributed by atoms with Crippen molar-refractivity contribution in [2.75, 3.05) is 0 Å². The van der Waals surface area contributed by atoms with E-state index in [0.29, 0.717) is 6.42 Å². The highest BCUT2D eigenvalue weighted by molar-refractivity contribution is 5.25. The van der Waals surface area contributed by atoms with Gasteiger partial charge in [-0.2, -0.15) is 0 Å². The molecular formula is C8H12F2. The molecule has 0 N–H and O–H groups in total. The molecule has 0 nitrogen and oxygen atoms in total. The van der Waals surface area contributed by atoms with Crippen LogP contribution in [0.25, 0.3) is 0 Å². The average Bonchev–Trinajstić information content (AvgIpc) is 1.97. The number of hydrogen-bond acceptors (Lipinski definition) is 0. The Kier molecular flexibility index (Phi) is 1.57. The second-order valence-electron chi connectivity index (χ2n) is 3.13. The molecule has 0 heterocycles. The maximum atomic E-state index is 12.9. The minimum Gasteiger partial charge on any atom is -0.201 e. The van der Waals surface area contributed by atoms with Gasteiger partial charge in [-0.25, -0.2) is 8.78 Å². The molecule has 1 rings (SSSR count). The van der Waals surface area contributed by atoms with Crippen molar-refractivity contribution in [3.05, 3.63) is 11.1 Å². The van der Waals surface area contributed by atoms with Gasteiger partial charge in [-0.05, 0) is 25.8 Å². The lowest BCUT2D eigenvalue weighted by molar-refractivity contribution is -0.000989. The van der Waals surface area contributed by atoms with E-state index in [2.05, 4.69) is 0 Å². The van der Waals surface area contributed by atoms with Crippen LogP contribution in [-0.2, 0) is 0 Å². The van der Waals surface area contributed by atoms with Crippen LogP contribution in [0.1, 0.15) is 27.2 Å². The van der Waals surface area contributed by atoms with Gasteiger partial charge in [0.15, 0.2) is 0 Å². The fraction of sp³-hybridized carbons (Fsp3) is 0.750. The number of alkyl halides is 2. The van der Waals surface area contributed by atoms with Crippen molar-refractivity contribution in [2.45, 2.75) is 33.1 Å². The van der Waals surface area contributed by atoms with Crippen LogP contribution in [-0.4, -0.2) is 5.92 Å². The van der Waals surface area contributed by atoms with Gasteiger partial charge >= 0.3 is 0 Å². The molecular weight excluding hydrogens is 134 g/mol. The largest absolute Gasteiger partial charge is 0.272 e. The lowest BCUT2D eigenvalue weighted by atomic mass is 10.0. The van der Waals surface area contributed by atoms with Gasteiger partial charge in [-0.15, -0.1) is 0 Å². The smallest absolute Gasteiger partial charge is 0.201 e. The van der Waals surface area contributed by atoms with E-state index in [-0.39, 0.29) is 5.57 Å². The number of rotatable bonds is 0. The molecule has 0 fully saturated rings. The zero-order valence-electron chi connectivity index (χ0n) is 6.54. The van der Waals surface area contributed by atoms with E-state index in [4.69, 9.17) is 0 Å². The molecule has 0 saturated carbocycles. The topological polar surface area (TPSA) is 0 Å². The molecule has 0 aliphatic heterocycles. The van der Waals surface area contributed by atoms with Gasteiger partial charge in [-0.1, -0.05) is 12.5 Å². The molecule has 1 aliphatic rings. The first-order valence-electron chi connectivity index (χ1n) is 3.51. The van der Waals surface area contributed by atoms with Crippen LogP contribution in [0.4, 0.5) is 8.78 Å². The molecule has 0 bridgehead atoms. The lowest BCUT2D eigenvalue weighted by Crippen LogP contribution is -2.21. The van der Waals surface area contributed by atoms with Crippen molar-refractivity contribution >= 4 is 0 Å². The highest BCUT2D eigenvalue weighted by Crippen LogP contribution is 2.43. The molecule has 0 spiro atoms. The van der Waals surface area contributed by atoms with Crippen LogP contribution in [0, 0.1) is 5.92 Å². The van der Waals surface area contributed by atoms with Gasteiger partial charge < -0.3 is 0 Å². The Morgan fingerprint density at radius 2 is 1.90 bits per heavy atom. The van der Waals surface area contributed by atoms with E-state index >= 15 is 0 Å². The maximum Gasteiger partial charge on any atom is 0.272 e. The standard InChI is InChI=1S/C8H12F2/c1-5-4-6(2)8(9,10)7(5)3/h6H,4H2,1-3H3. The molecule has 2 heteroatoms. The molecule has 0 saturated heterocycles. The zero-order chi connectivity index (χ0) is 7.94. The molecule has 1 atom stereocenters. The summed E-state index contributed by atoms with van der Waals surface area (Å²) >= 11 is 0. The second-order valence-corrected chi connectivity index (χ2v) is 3.13. The van der Waals surface area contributed by atoms with Gasteiger partial charge in [0.2, 0.25) is 0 Å². The minimum atomic E-state index is -2.54. The molecule has 1 aliphatic carbocycles. The van der Waals surface area contributed by atoms with Crippen molar-refractivity contribution in [1.29, 1.82) is 0 Å². The zero-order valence-corrected chi connectivity index (χ0v) is 6.54. The molecule has 0 amide bonds. The first-order valence-corrected chi connectivity index (χ1v) is 3.51. The Morgan fingerprint density at radius 1 is 1.40 bits per heavy atom. The third kappa shape index (κ3) is 0.862. The average molecular weight is 146 g/mol. The summed E-state index contributed by atoms with van der Waals surface area (Å²) in [5.41, 5.74) is 1.14. The van der Waals surface area contributed by atoms with E-state index < -0.39 is 11.8 Å². The first kappa shape index (κ1) is 7.70. The summed E-state index contributed by atoms with van der Waals surface area (Å²) in [5.74, 6) is -3.03. The Bertz CT molecular complexity index is 180. The van der Waals surface area contributed by atoms with Gasteiger partial charge in [0.05, 0.1) is 0 Å². The Hall–Kier alpha value is -0.400. The minimum absolute atomic E-state index is 0.278. The van der Waals surface area contributed by atoms with Crippen molar-refractivity contribution in [2.24, 2.45) is 5.92 Å². The van der Waals surface area contributed by atoms with E-state index in [9.17, 15) is 8.78 Å². The fourth-order valence-electron chi connectivity index (χ4n) is 1.39. The predicted octanol–water partition coefficient (Wildman–Crippen LogP) is 3.00. The summed E-state index contributed by atoms with van der Waals surface area (Å²) in [6.45, 7) is 4.91. The van der Waals surface area contributed by atoms with Crippen LogP contribution in [0.2, 0.25) is 0 Å². The first-order chi connectivity index (χ1) is 4.46. The SMILES string of the molecule is CC1=C(C)C(F)(F)C(C)C1. The summed E-state index contributed by atoms with van der Waals surface area (Å²) in [7, 11) is 0. The molecule has 0 aromatic heterocycles. The van der Waals surface area contributed by atoms with Crippen molar-refractivity contribution in [3.63, 3.8) is 0 Å². The van der Waals surface area contributed by atoms with Crippen LogP contribution in [0.3, 0.4) is 0 Å². The van der Waals surface area contributed by atoms with Crippen molar-refractivity contribution < 1.29 is 8.78 Å². The van der Waals surface area contributed by atoms with Crippen molar-refractivity contribution in [1.82, 2.24) is 0 Å². The predicted molar refractivity (Wildman–Crippen MR) is 37.1 cm³/mol. The van der Waals surface area contributed by atoms with Gasteiger partial charge in [0.25, 0.3) is 5.92 Å². The summed E-state index contributed by atoms with van der Waals surface area (Å²) in [5, 5.41) is 0. The fourth-order valence-corrected chi connectivity index (χ4v) is 1.39. The monoisotopic (exact) mass is 146 g/mol. The maximum absolute atomic E-state index is 12.9. The molecule has 1 unspecified atom stereocenters. The quantitative estimate of drug-likeness (QED) is 0.461. The van der Waals surface area contributed by atoms with Gasteiger partial charge in [-0.3, -0.25) is 0 Å². The number of hydrogen-bond donors (Lipinski definition) is 0. The second kappa shape index (κ2) is 2.04. The van der Waals surface area contributed by atoms with E-state index in [1.165, 1.54) is 6.92 Å². The molecule has 10 heavy (non-hydrogen) atoms. The lowest BCUT2D eigenvalue weighted by Gasteiger charge is -2.16. The molecule has 58 valence electrons. The number of allylic oxidation sites excluding steroid dienone is 2. The summed E-state index contributed by atoms with van der Waals surface area (Å²) in [6.07, 6.45) is 0.554. The Morgan fingerprint density at radius 3 is 2.00 bits per heavy atom. The van der Waals surface area contributed by atoms with E-state index in [1.54, 1.807) is 13.8 Å².